The average molecular weight is 282 g/mol. The summed E-state index contributed by atoms with van der Waals surface area (Å²) in [4.78, 5) is 11.5. The van der Waals surface area contributed by atoms with Crippen molar-refractivity contribution in [3.63, 3.8) is 0 Å². The molecule has 110 valence electrons. The van der Waals surface area contributed by atoms with E-state index < -0.39 is 11.8 Å². The number of esters is 1. The normalized spacial score (nSPS) is 21.8. The van der Waals surface area contributed by atoms with Gasteiger partial charge in [0.1, 0.15) is 5.82 Å². The summed E-state index contributed by atoms with van der Waals surface area (Å²) in [5.74, 6) is -1.09. The van der Waals surface area contributed by atoms with Crippen LogP contribution in [0.5, 0.6) is 0 Å². The Balaban J connectivity index is 2.16. The third-order valence-corrected chi connectivity index (χ3v) is 3.50. The van der Waals surface area contributed by atoms with E-state index >= 15 is 0 Å². The lowest BCUT2D eigenvalue weighted by atomic mass is 10.0. The van der Waals surface area contributed by atoms with Crippen molar-refractivity contribution < 1.29 is 18.7 Å². The zero-order valence-corrected chi connectivity index (χ0v) is 11.7. The molecular weight excluding hydrogens is 263 g/mol. The SMILES string of the molecule is COC(=O)c1cc(NCC2(C)CCCO2)c(F)cc1N. The number of nitrogens with one attached hydrogen (secondary N) is 1. The van der Waals surface area contributed by atoms with Gasteiger partial charge in [0.2, 0.25) is 0 Å². The number of ether oxygens (including phenoxy) is 2. The Morgan fingerprint density at radius 2 is 2.35 bits per heavy atom. The first-order chi connectivity index (χ1) is 9.45. The Morgan fingerprint density at radius 1 is 1.60 bits per heavy atom. The highest BCUT2D eigenvalue weighted by molar-refractivity contribution is 5.96. The van der Waals surface area contributed by atoms with Crippen LogP contribution in [-0.2, 0) is 9.47 Å². The van der Waals surface area contributed by atoms with Gasteiger partial charge in [0.25, 0.3) is 0 Å². The first-order valence-electron chi connectivity index (χ1n) is 6.50. The zero-order chi connectivity index (χ0) is 14.8. The fourth-order valence-electron chi connectivity index (χ4n) is 2.27. The van der Waals surface area contributed by atoms with Gasteiger partial charge < -0.3 is 20.5 Å². The molecule has 1 fully saturated rings. The number of carbonyl (C=O) groups is 1. The summed E-state index contributed by atoms with van der Waals surface area (Å²) in [6, 6.07) is 2.49. The molecule has 0 bridgehead atoms. The molecule has 1 atom stereocenters. The van der Waals surface area contributed by atoms with Crippen molar-refractivity contribution in [3.8, 4) is 0 Å². The largest absolute Gasteiger partial charge is 0.465 e. The minimum Gasteiger partial charge on any atom is -0.465 e. The Bertz CT molecular complexity index is 513. The number of anilines is 2. The van der Waals surface area contributed by atoms with E-state index in [0.717, 1.165) is 25.5 Å². The third-order valence-electron chi connectivity index (χ3n) is 3.50. The fourth-order valence-corrected chi connectivity index (χ4v) is 2.27. The monoisotopic (exact) mass is 282 g/mol. The van der Waals surface area contributed by atoms with Crippen molar-refractivity contribution in [3.05, 3.63) is 23.5 Å². The smallest absolute Gasteiger partial charge is 0.340 e. The van der Waals surface area contributed by atoms with E-state index in [0.29, 0.717) is 6.54 Å². The van der Waals surface area contributed by atoms with Crippen LogP contribution in [0.3, 0.4) is 0 Å². The van der Waals surface area contributed by atoms with Crippen molar-refractivity contribution in [1.82, 2.24) is 0 Å². The van der Waals surface area contributed by atoms with Crippen molar-refractivity contribution >= 4 is 17.3 Å². The Morgan fingerprint density at radius 3 is 2.95 bits per heavy atom. The number of rotatable bonds is 4. The molecule has 0 aliphatic carbocycles. The molecular formula is C14H19FN2O3. The summed E-state index contributed by atoms with van der Waals surface area (Å²) in [5, 5.41) is 2.98. The molecule has 20 heavy (non-hydrogen) atoms. The second-order valence-electron chi connectivity index (χ2n) is 5.17. The summed E-state index contributed by atoms with van der Waals surface area (Å²) >= 11 is 0. The molecule has 3 N–H and O–H groups in total. The standard InChI is InChI=1S/C14H19FN2O3/c1-14(4-3-5-20-14)8-17-12-6-9(13(18)19-2)11(16)7-10(12)15/h6-7,17H,3-5,8,16H2,1-2H3. The second-order valence-corrected chi connectivity index (χ2v) is 5.17. The van der Waals surface area contributed by atoms with Gasteiger partial charge in [-0.15, -0.1) is 0 Å². The first-order valence-corrected chi connectivity index (χ1v) is 6.50. The molecule has 1 unspecified atom stereocenters. The summed E-state index contributed by atoms with van der Waals surface area (Å²) in [7, 11) is 1.26. The van der Waals surface area contributed by atoms with Crippen LogP contribution in [0.15, 0.2) is 12.1 Å². The van der Waals surface area contributed by atoms with E-state index in [1.165, 1.54) is 13.2 Å². The number of carbonyl (C=O) groups excluding carboxylic acids is 1. The molecule has 1 aliphatic heterocycles. The third kappa shape index (κ3) is 3.01. The quantitative estimate of drug-likeness (QED) is 0.654. The van der Waals surface area contributed by atoms with Crippen LogP contribution in [0.1, 0.15) is 30.1 Å². The maximum Gasteiger partial charge on any atom is 0.340 e. The first kappa shape index (κ1) is 14.6. The van der Waals surface area contributed by atoms with Crippen LogP contribution >= 0.6 is 0 Å². The van der Waals surface area contributed by atoms with Crippen LogP contribution in [0.25, 0.3) is 0 Å². The van der Waals surface area contributed by atoms with Crippen molar-refractivity contribution in [1.29, 1.82) is 0 Å². The fraction of sp³-hybridized carbons (Fsp3) is 0.500. The van der Waals surface area contributed by atoms with Gasteiger partial charge in [0.15, 0.2) is 0 Å². The molecule has 0 saturated carbocycles. The minimum atomic E-state index is -0.589. The molecule has 0 aromatic heterocycles. The van der Waals surface area contributed by atoms with Crippen molar-refractivity contribution in [2.45, 2.75) is 25.4 Å². The number of halogens is 1. The van der Waals surface area contributed by atoms with Crippen molar-refractivity contribution in [2.75, 3.05) is 31.3 Å². The summed E-state index contributed by atoms with van der Waals surface area (Å²) in [6.45, 7) is 3.16. The van der Waals surface area contributed by atoms with E-state index in [4.69, 9.17) is 10.5 Å². The van der Waals surface area contributed by atoms with Crippen LogP contribution in [0.2, 0.25) is 0 Å². The number of hydrogen-bond acceptors (Lipinski definition) is 5. The predicted molar refractivity (Wildman–Crippen MR) is 74.2 cm³/mol. The lowest BCUT2D eigenvalue weighted by Gasteiger charge is -2.24. The Kier molecular flexibility index (Phi) is 4.13. The van der Waals surface area contributed by atoms with Gasteiger partial charge in [0.05, 0.1) is 24.0 Å². The Hall–Kier alpha value is -1.82. The van der Waals surface area contributed by atoms with E-state index in [1.54, 1.807) is 0 Å². The van der Waals surface area contributed by atoms with Gasteiger partial charge in [-0.2, -0.15) is 0 Å². The lowest BCUT2D eigenvalue weighted by Crippen LogP contribution is -2.32. The van der Waals surface area contributed by atoms with Crippen LogP contribution in [0.4, 0.5) is 15.8 Å². The van der Waals surface area contributed by atoms with Crippen molar-refractivity contribution in [2.24, 2.45) is 0 Å². The molecule has 1 saturated heterocycles. The van der Waals surface area contributed by atoms with Gasteiger partial charge >= 0.3 is 5.97 Å². The van der Waals surface area contributed by atoms with Crippen LogP contribution < -0.4 is 11.1 Å². The summed E-state index contributed by atoms with van der Waals surface area (Å²) < 4.78 is 24.1. The molecule has 0 amide bonds. The molecule has 1 aliphatic rings. The zero-order valence-electron chi connectivity index (χ0n) is 11.7. The lowest BCUT2D eigenvalue weighted by molar-refractivity contribution is 0.0315. The number of nitrogen functional groups attached to an aromatic ring is 1. The molecule has 5 nitrogen and oxygen atoms in total. The predicted octanol–water partition coefficient (Wildman–Crippen LogP) is 2.18. The second kappa shape index (κ2) is 5.66. The highest BCUT2D eigenvalue weighted by atomic mass is 19.1. The number of benzene rings is 1. The van der Waals surface area contributed by atoms with E-state index in [-0.39, 0.29) is 22.5 Å². The van der Waals surface area contributed by atoms with E-state index in [2.05, 4.69) is 10.1 Å². The van der Waals surface area contributed by atoms with Crippen LogP contribution in [0, 0.1) is 5.82 Å². The maximum atomic E-state index is 13.9. The minimum absolute atomic E-state index is 0.0585. The van der Waals surface area contributed by atoms with Gasteiger partial charge in [0, 0.05) is 18.8 Å². The van der Waals surface area contributed by atoms with Gasteiger partial charge in [-0.05, 0) is 31.9 Å². The Labute approximate surface area is 117 Å². The maximum absolute atomic E-state index is 13.9. The molecule has 6 heteroatoms. The number of methoxy groups -OCH3 is 1. The number of nitrogens with two attached hydrogens (primary N) is 1. The van der Waals surface area contributed by atoms with Crippen LogP contribution in [-0.4, -0.2) is 31.8 Å². The molecule has 1 aromatic rings. The topological polar surface area (TPSA) is 73.6 Å². The number of hydrogen-bond donors (Lipinski definition) is 2. The molecule has 2 rings (SSSR count). The molecule has 0 radical (unpaired) electrons. The molecule has 1 heterocycles. The molecule has 1 aromatic carbocycles. The van der Waals surface area contributed by atoms with Gasteiger partial charge in [-0.1, -0.05) is 0 Å². The van der Waals surface area contributed by atoms with E-state index in [9.17, 15) is 9.18 Å². The summed E-state index contributed by atoms with van der Waals surface area (Å²) in [5.41, 5.74) is 5.74. The van der Waals surface area contributed by atoms with E-state index in [1.807, 2.05) is 6.92 Å². The average Bonchev–Trinajstić information content (AvgIpc) is 2.84. The molecule has 0 spiro atoms. The van der Waals surface area contributed by atoms with Gasteiger partial charge in [-0.25, -0.2) is 9.18 Å². The highest BCUT2D eigenvalue weighted by Crippen LogP contribution is 2.27. The summed E-state index contributed by atoms with van der Waals surface area (Å²) in [6.07, 6.45) is 1.91. The van der Waals surface area contributed by atoms with Gasteiger partial charge in [-0.3, -0.25) is 0 Å². The highest BCUT2D eigenvalue weighted by Gasteiger charge is 2.29.